The highest BCUT2D eigenvalue weighted by molar-refractivity contribution is 8.61. The molecule has 0 aromatic heterocycles. The zero-order valence-corrected chi connectivity index (χ0v) is 11.7. The minimum absolute atomic E-state index is 0.274. The quantitative estimate of drug-likeness (QED) is 0.636. The summed E-state index contributed by atoms with van der Waals surface area (Å²) in [7, 11) is 7.46. The Hall–Kier alpha value is 1.72. The van der Waals surface area contributed by atoms with Gasteiger partial charge in [0.2, 0.25) is 0 Å². The van der Waals surface area contributed by atoms with Crippen molar-refractivity contribution < 1.29 is 0 Å². The fourth-order valence-electron chi connectivity index (χ4n) is 3.12. The van der Waals surface area contributed by atoms with E-state index in [1.807, 2.05) is 0 Å². The lowest BCUT2D eigenvalue weighted by atomic mass is 9.90. The maximum Gasteiger partial charge on any atom is -0.00792 e. The van der Waals surface area contributed by atoms with Crippen molar-refractivity contribution in [2.24, 2.45) is 17.8 Å². The van der Waals surface area contributed by atoms with Gasteiger partial charge in [-0.05, 0) is 42.7 Å². The fraction of sp³-hybridized carbons (Fsp3) is 1.00. The Morgan fingerprint density at radius 2 is 2.00 bits per heavy atom. The van der Waals surface area contributed by atoms with Crippen LogP contribution < -0.4 is 0 Å². The summed E-state index contributed by atoms with van der Waals surface area (Å²) >= 11 is 0. The third kappa shape index (κ3) is 1.63. The first-order chi connectivity index (χ1) is 5.74. The van der Waals surface area contributed by atoms with Gasteiger partial charge in [0.05, 0.1) is 0 Å². The molecule has 0 radical (unpaired) electrons. The van der Waals surface area contributed by atoms with Crippen LogP contribution in [0.15, 0.2) is 0 Å². The van der Waals surface area contributed by atoms with Crippen molar-refractivity contribution in [1.29, 1.82) is 0 Å². The summed E-state index contributed by atoms with van der Waals surface area (Å²) in [6.07, 6.45) is 4.65. The Morgan fingerprint density at radius 1 is 1.33 bits per heavy atom. The second-order valence-corrected chi connectivity index (χ2v) is 13.8. The second-order valence-electron chi connectivity index (χ2n) is 4.22. The minimum atomic E-state index is 0.274. The molecule has 12 heavy (non-hydrogen) atoms. The Morgan fingerprint density at radius 3 is 2.50 bits per heavy atom. The van der Waals surface area contributed by atoms with E-state index in [1.54, 1.807) is 12.8 Å². The average molecular weight is 238 g/mol. The number of fused-ring (bicyclic) bond motifs is 2. The number of hydrogen-bond donors (Lipinski definition) is 0. The predicted octanol–water partition coefficient (Wildman–Crippen LogP) is 4.08. The molecule has 0 nitrogen and oxygen atoms in total. The van der Waals surface area contributed by atoms with Crippen LogP contribution in [0.2, 0.25) is 0 Å². The summed E-state index contributed by atoms with van der Waals surface area (Å²) in [5.41, 5.74) is 1.10. The summed E-state index contributed by atoms with van der Waals surface area (Å²) in [6, 6.07) is 0. The molecule has 0 aromatic carbocycles. The van der Waals surface area contributed by atoms with Gasteiger partial charge in [-0.2, -0.15) is 0 Å². The molecule has 2 bridgehead atoms. The molecule has 0 spiro atoms. The second kappa shape index (κ2) is 4.07. The Balaban J connectivity index is 2.06. The molecule has 2 rings (SSSR count). The van der Waals surface area contributed by atoms with Gasteiger partial charge in [0, 0.05) is 0 Å². The summed E-state index contributed by atoms with van der Waals surface area (Å²) < 4.78 is 0. The highest BCUT2D eigenvalue weighted by Crippen LogP contribution is 2.75. The molecule has 4 heteroatoms. The normalized spacial score (nSPS) is 49.2. The molecule has 8 atom stereocenters. The van der Waals surface area contributed by atoms with E-state index in [2.05, 4.69) is 24.8 Å². The topological polar surface area (TPSA) is 0 Å². The largest absolute Gasteiger partial charge is 0.110 e. The fourth-order valence-corrected chi connectivity index (χ4v) is 9.71. The average Bonchev–Trinajstić information content (AvgIpc) is 2.63. The molecule has 2 aliphatic carbocycles. The van der Waals surface area contributed by atoms with E-state index < -0.39 is 0 Å². The molecule has 0 saturated heterocycles. The molecule has 70 valence electrons. The van der Waals surface area contributed by atoms with Crippen molar-refractivity contribution >= 4 is 33.1 Å². The van der Waals surface area contributed by atoms with E-state index in [1.165, 1.54) is 6.42 Å². The molecular formula is C8H18P4. The maximum atomic E-state index is 3.13. The highest BCUT2D eigenvalue weighted by Gasteiger charge is 2.46. The molecule has 0 N–H and O–H groups in total. The molecule has 0 amide bonds. The first kappa shape index (κ1) is 10.2. The van der Waals surface area contributed by atoms with Crippen LogP contribution >= 0.6 is 33.1 Å². The summed E-state index contributed by atoms with van der Waals surface area (Å²) in [4.78, 5) is 0. The molecule has 0 aromatic rings. The predicted molar refractivity (Wildman–Crippen MR) is 68.4 cm³/mol. The van der Waals surface area contributed by atoms with Crippen molar-refractivity contribution in [3.8, 4) is 0 Å². The van der Waals surface area contributed by atoms with E-state index in [0.29, 0.717) is 0 Å². The van der Waals surface area contributed by atoms with Crippen LogP contribution in [0.1, 0.15) is 26.2 Å². The van der Waals surface area contributed by atoms with Crippen LogP contribution in [-0.4, -0.2) is 5.66 Å². The van der Waals surface area contributed by atoms with Crippen molar-refractivity contribution in [3.05, 3.63) is 0 Å². The van der Waals surface area contributed by atoms with Crippen LogP contribution in [0.3, 0.4) is 0 Å². The van der Waals surface area contributed by atoms with Crippen molar-refractivity contribution in [2.75, 3.05) is 0 Å². The summed E-state index contributed by atoms with van der Waals surface area (Å²) in [5.74, 6) is 3.26. The van der Waals surface area contributed by atoms with Gasteiger partial charge in [0.15, 0.2) is 0 Å². The van der Waals surface area contributed by atoms with Gasteiger partial charge >= 0.3 is 0 Å². The SMILES string of the molecule is C[C@H]1C2CCC(C2)[C@H]1P(P)PP. The van der Waals surface area contributed by atoms with Crippen LogP contribution in [0.5, 0.6) is 0 Å². The Kier molecular flexibility index (Phi) is 3.47. The molecule has 6 unspecified atom stereocenters. The molecule has 0 aliphatic heterocycles. The Bertz CT molecular complexity index is 170. The summed E-state index contributed by atoms with van der Waals surface area (Å²) in [6.45, 7) is 2.50. The molecule has 0 heterocycles. The lowest BCUT2D eigenvalue weighted by Gasteiger charge is -2.32. The third-order valence-corrected chi connectivity index (χ3v) is 15.1. The van der Waals surface area contributed by atoms with Crippen LogP contribution in [0.25, 0.3) is 0 Å². The maximum absolute atomic E-state index is 3.13. The standard InChI is InChI=1S/C8H18P4/c1-5-6-2-3-7(4-6)8(5)12(10)11-9/h5-8,11H,2-4,9-10H2,1H3/t5-,6?,7?,8-,12?/m0/s1. The number of rotatable bonds is 2. The van der Waals surface area contributed by atoms with Gasteiger partial charge in [-0.3, -0.25) is 0 Å². The summed E-state index contributed by atoms with van der Waals surface area (Å²) in [5, 5.41) is 0. The van der Waals surface area contributed by atoms with E-state index in [4.69, 9.17) is 0 Å². The zero-order valence-electron chi connectivity index (χ0n) is 7.53. The zero-order chi connectivity index (χ0) is 8.72. The van der Waals surface area contributed by atoms with Crippen LogP contribution in [0.4, 0.5) is 0 Å². The van der Waals surface area contributed by atoms with Crippen LogP contribution in [-0.2, 0) is 0 Å². The minimum Gasteiger partial charge on any atom is -0.110 e. The smallest absolute Gasteiger partial charge is 0.00792 e. The first-order valence-corrected chi connectivity index (χ1v) is 11.4. The first-order valence-electron chi connectivity index (χ1n) is 4.74. The van der Waals surface area contributed by atoms with Gasteiger partial charge < -0.3 is 0 Å². The Labute approximate surface area is 83.0 Å². The monoisotopic (exact) mass is 238 g/mol. The molecular weight excluding hydrogens is 220 g/mol. The lowest BCUT2D eigenvalue weighted by molar-refractivity contribution is 0.369. The van der Waals surface area contributed by atoms with Crippen molar-refractivity contribution in [3.63, 3.8) is 0 Å². The van der Waals surface area contributed by atoms with Gasteiger partial charge in [-0.25, -0.2) is 0 Å². The lowest BCUT2D eigenvalue weighted by Crippen LogP contribution is -2.21. The van der Waals surface area contributed by atoms with Crippen molar-refractivity contribution in [2.45, 2.75) is 31.8 Å². The van der Waals surface area contributed by atoms with E-state index in [-0.39, 0.29) is 7.30 Å². The van der Waals surface area contributed by atoms with Gasteiger partial charge in [0.1, 0.15) is 0 Å². The van der Waals surface area contributed by atoms with Crippen molar-refractivity contribution in [1.82, 2.24) is 0 Å². The third-order valence-electron chi connectivity index (χ3n) is 3.75. The van der Waals surface area contributed by atoms with E-state index in [0.717, 1.165) is 31.4 Å². The van der Waals surface area contributed by atoms with Crippen LogP contribution in [0, 0.1) is 17.8 Å². The van der Waals surface area contributed by atoms with Gasteiger partial charge in [-0.1, -0.05) is 22.2 Å². The van der Waals surface area contributed by atoms with E-state index >= 15 is 0 Å². The molecule has 2 aliphatic rings. The number of hydrogen-bond acceptors (Lipinski definition) is 0. The van der Waals surface area contributed by atoms with Gasteiger partial charge in [0.25, 0.3) is 0 Å². The highest BCUT2D eigenvalue weighted by atomic mass is 32.6. The molecule has 2 saturated carbocycles. The van der Waals surface area contributed by atoms with Gasteiger partial charge in [-0.15, -0.1) is 17.9 Å². The van der Waals surface area contributed by atoms with E-state index in [9.17, 15) is 0 Å². The molecule has 2 fully saturated rings.